The lowest BCUT2D eigenvalue weighted by Gasteiger charge is -2.28. The molecular formula is C20H28Cl2N4O2S. The number of nitrogens with zero attached hydrogens (tertiary/aromatic N) is 4. The smallest absolute Gasteiger partial charge is 0.180 e. The van der Waals surface area contributed by atoms with Gasteiger partial charge in [-0.25, -0.2) is 18.4 Å². The molecule has 2 aromatic rings. The van der Waals surface area contributed by atoms with E-state index < -0.39 is 9.84 Å². The lowest BCUT2D eigenvalue weighted by molar-refractivity contribution is 0.278. The zero-order valence-electron chi connectivity index (χ0n) is 17.1. The summed E-state index contributed by atoms with van der Waals surface area (Å²) in [5, 5.41) is 0. The molecule has 1 aromatic carbocycles. The van der Waals surface area contributed by atoms with Crippen molar-refractivity contribution in [3.63, 3.8) is 0 Å². The molecule has 160 valence electrons. The molecule has 0 spiro atoms. The van der Waals surface area contributed by atoms with Crippen molar-refractivity contribution >= 4 is 40.5 Å². The van der Waals surface area contributed by atoms with Gasteiger partial charge in [-0.2, -0.15) is 0 Å². The van der Waals surface area contributed by atoms with Crippen LogP contribution in [0, 0.1) is 25.7 Å². The van der Waals surface area contributed by atoms with E-state index in [0.717, 1.165) is 19.6 Å². The predicted molar refractivity (Wildman–Crippen MR) is 120 cm³/mol. The van der Waals surface area contributed by atoms with Gasteiger partial charge in [-0.05, 0) is 37.9 Å². The quantitative estimate of drug-likeness (QED) is 0.703. The molecule has 0 amide bonds. The van der Waals surface area contributed by atoms with Crippen molar-refractivity contribution in [3.05, 3.63) is 47.4 Å². The second-order valence-electron chi connectivity index (χ2n) is 7.95. The summed E-state index contributed by atoms with van der Waals surface area (Å²) in [4.78, 5) is 13.4. The Morgan fingerprint density at radius 3 is 2.41 bits per heavy atom. The fraction of sp³-hybridized carbons (Fsp3) is 0.500. The lowest BCUT2D eigenvalue weighted by atomic mass is 9.88. The number of rotatable bonds is 3. The first-order chi connectivity index (χ1) is 12.8. The SMILES string of the molecule is Cc1ncc(S(C)(=O)=O)c(N2C[C@@H]3CN(C)[C@@H](c4ccccc4C)[C@@H]3C2)n1.Cl.Cl. The van der Waals surface area contributed by atoms with Crippen LogP contribution >= 0.6 is 24.8 Å². The average Bonchev–Trinajstić information content (AvgIpc) is 3.11. The van der Waals surface area contributed by atoms with E-state index in [2.05, 4.69) is 58.0 Å². The first kappa shape index (κ1) is 23.9. The Labute approximate surface area is 185 Å². The highest BCUT2D eigenvalue weighted by Crippen LogP contribution is 2.46. The fourth-order valence-corrected chi connectivity index (χ4v) is 5.50. The molecule has 3 atom stereocenters. The maximum absolute atomic E-state index is 12.2. The zero-order valence-corrected chi connectivity index (χ0v) is 19.5. The fourth-order valence-electron chi connectivity index (χ4n) is 4.75. The van der Waals surface area contributed by atoms with E-state index in [9.17, 15) is 8.42 Å². The maximum Gasteiger partial charge on any atom is 0.180 e. The van der Waals surface area contributed by atoms with E-state index >= 15 is 0 Å². The molecule has 1 aromatic heterocycles. The summed E-state index contributed by atoms with van der Waals surface area (Å²) in [7, 11) is -1.18. The summed E-state index contributed by atoms with van der Waals surface area (Å²) < 4.78 is 24.5. The van der Waals surface area contributed by atoms with Gasteiger partial charge in [0.25, 0.3) is 0 Å². The Morgan fingerprint density at radius 1 is 1.07 bits per heavy atom. The number of anilines is 1. The van der Waals surface area contributed by atoms with Crippen LogP contribution in [0.3, 0.4) is 0 Å². The molecule has 2 aliphatic heterocycles. The highest BCUT2D eigenvalue weighted by Gasteiger charge is 2.47. The van der Waals surface area contributed by atoms with Crippen LogP contribution in [0.25, 0.3) is 0 Å². The molecule has 6 nitrogen and oxygen atoms in total. The van der Waals surface area contributed by atoms with E-state index in [1.165, 1.54) is 23.6 Å². The van der Waals surface area contributed by atoms with Gasteiger partial charge in [0.15, 0.2) is 15.7 Å². The first-order valence-corrected chi connectivity index (χ1v) is 11.2. The van der Waals surface area contributed by atoms with Gasteiger partial charge in [-0.15, -0.1) is 24.8 Å². The molecule has 0 aliphatic carbocycles. The zero-order chi connectivity index (χ0) is 19.3. The number of likely N-dealkylation sites (tertiary alicyclic amines) is 1. The second-order valence-corrected chi connectivity index (χ2v) is 9.93. The van der Waals surface area contributed by atoms with Crippen LogP contribution in [-0.4, -0.2) is 56.2 Å². The van der Waals surface area contributed by atoms with Crippen molar-refractivity contribution in [1.82, 2.24) is 14.9 Å². The number of hydrogen-bond donors (Lipinski definition) is 0. The molecule has 2 saturated heterocycles. The lowest BCUT2D eigenvalue weighted by Crippen LogP contribution is -2.30. The van der Waals surface area contributed by atoms with Crippen molar-refractivity contribution in [3.8, 4) is 0 Å². The highest BCUT2D eigenvalue weighted by molar-refractivity contribution is 7.90. The number of fused-ring (bicyclic) bond motifs is 1. The first-order valence-electron chi connectivity index (χ1n) is 9.30. The minimum absolute atomic E-state index is 0. The molecule has 0 radical (unpaired) electrons. The van der Waals surface area contributed by atoms with Crippen LogP contribution in [0.1, 0.15) is 23.0 Å². The van der Waals surface area contributed by atoms with Gasteiger partial charge in [0, 0.05) is 37.8 Å². The highest BCUT2D eigenvalue weighted by atomic mass is 35.5. The molecule has 29 heavy (non-hydrogen) atoms. The van der Waals surface area contributed by atoms with Crippen LogP contribution < -0.4 is 4.90 Å². The number of aromatic nitrogens is 2. The predicted octanol–water partition coefficient (Wildman–Crippen LogP) is 3.08. The summed E-state index contributed by atoms with van der Waals surface area (Å²) >= 11 is 0. The van der Waals surface area contributed by atoms with Gasteiger partial charge in [-0.1, -0.05) is 24.3 Å². The minimum atomic E-state index is -3.37. The van der Waals surface area contributed by atoms with Gasteiger partial charge < -0.3 is 4.90 Å². The normalized spacial score (nSPS) is 24.0. The number of sulfone groups is 1. The molecule has 2 fully saturated rings. The third kappa shape index (κ3) is 4.38. The Balaban J connectivity index is 0.00000150. The van der Waals surface area contributed by atoms with Crippen LogP contribution in [0.2, 0.25) is 0 Å². The summed E-state index contributed by atoms with van der Waals surface area (Å²) in [6.07, 6.45) is 2.68. The molecular weight excluding hydrogens is 431 g/mol. The Bertz CT molecular complexity index is 986. The molecule has 3 heterocycles. The molecule has 0 unspecified atom stereocenters. The van der Waals surface area contributed by atoms with E-state index in [4.69, 9.17) is 0 Å². The van der Waals surface area contributed by atoms with Crippen molar-refractivity contribution in [2.45, 2.75) is 24.8 Å². The number of halogens is 2. The maximum atomic E-state index is 12.2. The average molecular weight is 459 g/mol. The Morgan fingerprint density at radius 2 is 1.76 bits per heavy atom. The number of hydrogen-bond acceptors (Lipinski definition) is 6. The summed E-state index contributed by atoms with van der Waals surface area (Å²) in [6, 6.07) is 8.92. The third-order valence-electron chi connectivity index (χ3n) is 5.96. The summed E-state index contributed by atoms with van der Waals surface area (Å²) in [6.45, 7) is 6.62. The molecule has 0 N–H and O–H groups in total. The number of benzene rings is 1. The minimum Gasteiger partial charge on any atom is -0.355 e. The van der Waals surface area contributed by atoms with Crippen molar-refractivity contribution in [2.24, 2.45) is 11.8 Å². The molecule has 2 aliphatic rings. The topological polar surface area (TPSA) is 66.4 Å². The van der Waals surface area contributed by atoms with Crippen molar-refractivity contribution in [1.29, 1.82) is 0 Å². The monoisotopic (exact) mass is 458 g/mol. The van der Waals surface area contributed by atoms with Crippen molar-refractivity contribution in [2.75, 3.05) is 37.8 Å². The summed E-state index contributed by atoms with van der Waals surface area (Å²) in [5.41, 5.74) is 2.68. The van der Waals surface area contributed by atoms with E-state index in [-0.39, 0.29) is 29.7 Å². The van der Waals surface area contributed by atoms with E-state index in [1.54, 1.807) is 6.92 Å². The molecule has 4 rings (SSSR count). The van der Waals surface area contributed by atoms with E-state index in [0.29, 0.717) is 29.5 Å². The molecule has 0 saturated carbocycles. The van der Waals surface area contributed by atoms with Gasteiger partial charge in [-0.3, -0.25) is 4.90 Å². The van der Waals surface area contributed by atoms with Gasteiger partial charge in [0.1, 0.15) is 10.7 Å². The second kappa shape index (κ2) is 8.76. The van der Waals surface area contributed by atoms with Crippen LogP contribution in [-0.2, 0) is 9.84 Å². The van der Waals surface area contributed by atoms with Gasteiger partial charge >= 0.3 is 0 Å². The van der Waals surface area contributed by atoms with Crippen LogP contribution in [0.5, 0.6) is 0 Å². The van der Waals surface area contributed by atoms with Gasteiger partial charge in [0.05, 0.1) is 6.20 Å². The van der Waals surface area contributed by atoms with Crippen LogP contribution in [0.15, 0.2) is 35.4 Å². The largest absolute Gasteiger partial charge is 0.355 e. The van der Waals surface area contributed by atoms with Gasteiger partial charge in [0.2, 0.25) is 0 Å². The van der Waals surface area contributed by atoms with Crippen molar-refractivity contribution < 1.29 is 8.42 Å². The standard InChI is InChI=1S/C20H26N4O2S.2ClH/c1-13-7-5-6-8-16(13)19-17-12-24(11-15(17)10-23(19)3)20-18(27(4,25)26)9-21-14(2)22-20;;/h5-9,15,17,19H,10-12H2,1-4H3;2*1H/t15-,17+,19-;;/m0../s1. The summed E-state index contributed by atoms with van der Waals surface area (Å²) in [5.74, 6) is 2.12. The Hall–Kier alpha value is -1.41. The van der Waals surface area contributed by atoms with E-state index in [1.807, 2.05) is 0 Å². The number of aryl methyl sites for hydroxylation is 2. The van der Waals surface area contributed by atoms with Crippen LogP contribution in [0.4, 0.5) is 5.82 Å². The Kier molecular flexibility index (Phi) is 7.21. The third-order valence-corrected chi connectivity index (χ3v) is 7.04. The molecule has 0 bridgehead atoms. The molecule has 9 heteroatoms.